The zero-order valence-corrected chi connectivity index (χ0v) is 8.00. The molecule has 0 unspecified atom stereocenters. The second-order valence-electron chi connectivity index (χ2n) is 3.60. The fourth-order valence-corrected chi connectivity index (χ4v) is 1.23. The van der Waals surface area contributed by atoms with Gasteiger partial charge in [-0.05, 0) is 26.0 Å². The molecule has 0 aliphatic heterocycles. The van der Waals surface area contributed by atoms with Gasteiger partial charge in [-0.25, -0.2) is 4.39 Å². The van der Waals surface area contributed by atoms with Gasteiger partial charge >= 0.3 is 0 Å². The fourth-order valence-electron chi connectivity index (χ4n) is 1.23. The Kier molecular flexibility index (Phi) is 2.35. The predicted molar refractivity (Wildman–Crippen MR) is 51.1 cm³/mol. The van der Waals surface area contributed by atoms with Crippen LogP contribution in [0, 0.1) is 17.1 Å². The first-order chi connectivity index (χ1) is 6.40. The van der Waals surface area contributed by atoms with Gasteiger partial charge in [0.15, 0.2) is 0 Å². The van der Waals surface area contributed by atoms with Gasteiger partial charge in [-0.3, -0.25) is 0 Å². The molecule has 0 bridgehead atoms. The summed E-state index contributed by atoms with van der Waals surface area (Å²) < 4.78 is 13.3. The van der Waals surface area contributed by atoms with Crippen molar-refractivity contribution in [2.75, 3.05) is 5.73 Å². The van der Waals surface area contributed by atoms with E-state index in [2.05, 4.69) is 0 Å². The first-order valence-electron chi connectivity index (χ1n) is 4.09. The van der Waals surface area contributed by atoms with Crippen molar-refractivity contribution in [1.82, 2.24) is 0 Å². The molecule has 0 fully saturated rings. The smallest absolute Gasteiger partial charge is 0.146 e. The molecule has 1 rings (SSSR count). The van der Waals surface area contributed by atoms with Gasteiger partial charge in [0, 0.05) is 0 Å². The largest absolute Gasteiger partial charge is 0.505 e. The maximum Gasteiger partial charge on any atom is 0.146 e. The number of phenols is 1. The quantitative estimate of drug-likeness (QED) is 0.530. The van der Waals surface area contributed by atoms with Crippen molar-refractivity contribution in [1.29, 1.82) is 5.26 Å². The van der Waals surface area contributed by atoms with Crippen molar-refractivity contribution >= 4 is 5.69 Å². The highest BCUT2D eigenvalue weighted by Crippen LogP contribution is 2.36. The number of nitrogens with two attached hydrogens (primary N) is 1. The van der Waals surface area contributed by atoms with Crippen LogP contribution in [-0.4, -0.2) is 5.11 Å². The lowest BCUT2D eigenvalue weighted by Crippen LogP contribution is -2.16. The van der Waals surface area contributed by atoms with Crippen molar-refractivity contribution in [3.8, 4) is 11.8 Å². The first kappa shape index (κ1) is 10.3. The molecule has 0 spiro atoms. The molecule has 4 heteroatoms. The molecule has 0 aliphatic rings. The van der Waals surface area contributed by atoms with Crippen LogP contribution in [0.15, 0.2) is 12.1 Å². The Morgan fingerprint density at radius 1 is 1.50 bits per heavy atom. The molecular formula is C10H11FN2O. The molecule has 0 atom stereocenters. The molecule has 0 radical (unpaired) electrons. The molecule has 0 saturated carbocycles. The van der Waals surface area contributed by atoms with E-state index in [9.17, 15) is 9.50 Å². The maximum atomic E-state index is 13.3. The highest BCUT2D eigenvalue weighted by atomic mass is 19.1. The van der Waals surface area contributed by atoms with Crippen LogP contribution < -0.4 is 5.73 Å². The molecule has 0 heterocycles. The molecule has 0 aromatic heterocycles. The summed E-state index contributed by atoms with van der Waals surface area (Å²) in [5, 5.41) is 18.3. The molecule has 1 aromatic carbocycles. The topological polar surface area (TPSA) is 70.0 Å². The maximum absolute atomic E-state index is 13.3. The summed E-state index contributed by atoms with van der Waals surface area (Å²) >= 11 is 0. The number of rotatable bonds is 1. The third-order valence-corrected chi connectivity index (χ3v) is 2.06. The molecule has 14 heavy (non-hydrogen) atoms. The number of nitrogen functional groups attached to an aromatic ring is 1. The molecular weight excluding hydrogens is 183 g/mol. The van der Waals surface area contributed by atoms with E-state index in [0.29, 0.717) is 0 Å². The SMILES string of the molecule is CC(C)(C#N)c1c(F)ccc(N)c1O. The molecule has 0 aliphatic carbocycles. The summed E-state index contributed by atoms with van der Waals surface area (Å²) in [4.78, 5) is 0. The van der Waals surface area contributed by atoms with E-state index in [-0.39, 0.29) is 17.0 Å². The van der Waals surface area contributed by atoms with Crippen LogP contribution in [-0.2, 0) is 5.41 Å². The second kappa shape index (κ2) is 3.18. The Bertz CT molecular complexity index is 407. The summed E-state index contributed by atoms with van der Waals surface area (Å²) in [7, 11) is 0. The molecule has 1 aromatic rings. The average molecular weight is 194 g/mol. The Morgan fingerprint density at radius 2 is 2.07 bits per heavy atom. The van der Waals surface area contributed by atoms with E-state index < -0.39 is 11.2 Å². The van der Waals surface area contributed by atoms with Crippen molar-refractivity contribution in [2.24, 2.45) is 0 Å². The van der Waals surface area contributed by atoms with Gasteiger partial charge in [0.2, 0.25) is 0 Å². The molecule has 3 N–H and O–H groups in total. The summed E-state index contributed by atoms with van der Waals surface area (Å²) in [5.74, 6) is -0.972. The van der Waals surface area contributed by atoms with E-state index in [0.717, 1.165) is 6.07 Å². The number of hydrogen-bond acceptors (Lipinski definition) is 3. The number of aromatic hydroxyl groups is 1. The van der Waals surface area contributed by atoms with Crippen molar-refractivity contribution in [3.63, 3.8) is 0 Å². The van der Waals surface area contributed by atoms with E-state index in [4.69, 9.17) is 11.0 Å². The van der Waals surface area contributed by atoms with Gasteiger partial charge in [-0.15, -0.1) is 0 Å². The summed E-state index contributed by atoms with van der Waals surface area (Å²) in [6.45, 7) is 3.04. The number of phenolic OH excluding ortho intramolecular Hbond substituents is 1. The summed E-state index contributed by atoms with van der Waals surface area (Å²) in [5.41, 5.74) is 4.34. The Labute approximate surface area is 81.6 Å². The van der Waals surface area contributed by atoms with E-state index in [1.807, 2.05) is 6.07 Å². The summed E-state index contributed by atoms with van der Waals surface area (Å²) in [6, 6.07) is 4.32. The minimum Gasteiger partial charge on any atom is -0.505 e. The third kappa shape index (κ3) is 1.49. The van der Waals surface area contributed by atoms with E-state index in [1.165, 1.54) is 19.9 Å². The monoisotopic (exact) mass is 194 g/mol. The van der Waals surface area contributed by atoms with Gasteiger partial charge in [0.1, 0.15) is 11.6 Å². The zero-order valence-electron chi connectivity index (χ0n) is 8.00. The van der Waals surface area contributed by atoms with E-state index in [1.54, 1.807) is 0 Å². The molecule has 0 saturated heterocycles. The Morgan fingerprint density at radius 3 is 2.57 bits per heavy atom. The predicted octanol–water partition coefficient (Wildman–Crippen LogP) is 1.91. The number of nitriles is 1. The molecule has 74 valence electrons. The van der Waals surface area contributed by atoms with Crippen molar-refractivity contribution in [3.05, 3.63) is 23.5 Å². The van der Waals surface area contributed by atoms with Crippen LogP contribution in [0.2, 0.25) is 0 Å². The van der Waals surface area contributed by atoms with Crippen LogP contribution in [0.1, 0.15) is 19.4 Å². The average Bonchev–Trinajstić information content (AvgIpc) is 2.12. The number of nitrogens with zero attached hydrogens (tertiary/aromatic N) is 1. The highest BCUT2D eigenvalue weighted by Gasteiger charge is 2.28. The van der Waals surface area contributed by atoms with E-state index >= 15 is 0 Å². The standard InChI is InChI=1S/C10H11FN2O/c1-10(2,5-12)8-6(11)3-4-7(13)9(8)14/h3-4,14H,13H2,1-2H3. The molecule has 0 amide bonds. The number of hydrogen-bond donors (Lipinski definition) is 2. The van der Waals surface area contributed by atoms with Gasteiger partial charge < -0.3 is 10.8 Å². The zero-order chi connectivity index (χ0) is 10.9. The number of halogens is 1. The normalized spacial score (nSPS) is 11.0. The van der Waals surface area contributed by atoms with Gasteiger partial charge in [0.25, 0.3) is 0 Å². The lowest BCUT2D eigenvalue weighted by atomic mass is 9.85. The lowest BCUT2D eigenvalue weighted by molar-refractivity contribution is 0.445. The van der Waals surface area contributed by atoms with Crippen LogP contribution in [0.25, 0.3) is 0 Å². The summed E-state index contributed by atoms with van der Waals surface area (Å²) in [6.07, 6.45) is 0. The highest BCUT2D eigenvalue weighted by molar-refractivity contribution is 5.59. The van der Waals surface area contributed by atoms with Gasteiger partial charge in [-0.1, -0.05) is 0 Å². The van der Waals surface area contributed by atoms with Crippen LogP contribution in [0.4, 0.5) is 10.1 Å². The lowest BCUT2D eigenvalue weighted by Gasteiger charge is -2.18. The van der Waals surface area contributed by atoms with Crippen molar-refractivity contribution in [2.45, 2.75) is 19.3 Å². The van der Waals surface area contributed by atoms with Crippen molar-refractivity contribution < 1.29 is 9.50 Å². The van der Waals surface area contributed by atoms with Gasteiger partial charge in [0.05, 0.1) is 22.7 Å². The van der Waals surface area contributed by atoms with Crippen LogP contribution >= 0.6 is 0 Å². The van der Waals surface area contributed by atoms with Crippen LogP contribution in [0.5, 0.6) is 5.75 Å². The second-order valence-corrected chi connectivity index (χ2v) is 3.60. The number of benzene rings is 1. The van der Waals surface area contributed by atoms with Gasteiger partial charge in [-0.2, -0.15) is 5.26 Å². The molecule has 3 nitrogen and oxygen atoms in total. The third-order valence-electron chi connectivity index (χ3n) is 2.06. The fraction of sp³-hybridized carbons (Fsp3) is 0.300. The number of anilines is 1. The Hall–Kier alpha value is -1.76. The Balaban J connectivity index is 3.49. The van der Waals surface area contributed by atoms with Crippen LogP contribution in [0.3, 0.4) is 0 Å². The minimum absolute atomic E-state index is 0.0556. The minimum atomic E-state index is -1.09. The first-order valence-corrected chi connectivity index (χ1v) is 4.09.